The first kappa shape index (κ1) is 19.7. The molecular weight excluding hydrogens is 396 g/mol. The predicted molar refractivity (Wildman–Crippen MR) is 110 cm³/mol. The first-order valence-electron chi connectivity index (χ1n) is 12.7. The van der Waals surface area contributed by atoms with Gasteiger partial charge in [0, 0.05) is 31.1 Å². The molecule has 3 saturated heterocycles. The molecule has 3 heterocycles. The van der Waals surface area contributed by atoms with Gasteiger partial charge in [-0.1, -0.05) is 6.92 Å². The number of rotatable bonds is 1. The summed E-state index contributed by atoms with van der Waals surface area (Å²) < 4.78 is 30.7. The van der Waals surface area contributed by atoms with E-state index in [2.05, 4.69) is 13.8 Å². The van der Waals surface area contributed by atoms with E-state index in [0.717, 1.165) is 51.7 Å². The van der Waals surface area contributed by atoms with Gasteiger partial charge in [-0.3, -0.25) is 4.79 Å². The first-order chi connectivity index (χ1) is 14.9. The normalized spacial score (nSPS) is 53.8. The van der Waals surface area contributed by atoms with Gasteiger partial charge in [-0.2, -0.15) is 0 Å². The maximum Gasteiger partial charge on any atom is 0.313 e. The molecule has 7 fully saturated rings. The van der Waals surface area contributed by atoms with E-state index < -0.39 is 11.2 Å². The van der Waals surface area contributed by atoms with E-state index in [4.69, 9.17) is 23.7 Å². The van der Waals surface area contributed by atoms with Crippen LogP contribution in [0.5, 0.6) is 0 Å². The van der Waals surface area contributed by atoms with Gasteiger partial charge in [-0.25, -0.2) is 0 Å². The highest BCUT2D eigenvalue weighted by molar-refractivity contribution is 5.81. The Hall–Kier alpha value is -0.690. The maximum absolute atomic E-state index is 13.6. The van der Waals surface area contributed by atoms with Crippen LogP contribution < -0.4 is 0 Å². The van der Waals surface area contributed by atoms with Crippen molar-refractivity contribution in [2.75, 3.05) is 26.4 Å². The summed E-state index contributed by atoms with van der Waals surface area (Å²) in [5, 5.41) is 0. The molecule has 0 aromatic heterocycles. The molecule has 0 amide bonds. The van der Waals surface area contributed by atoms with Crippen LogP contribution in [0.25, 0.3) is 0 Å². The summed E-state index contributed by atoms with van der Waals surface area (Å²) in [7, 11) is 0. The molecule has 6 heteroatoms. The van der Waals surface area contributed by atoms with Crippen LogP contribution in [-0.4, -0.2) is 50.1 Å². The van der Waals surface area contributed by atoms with Crippen molar-refractivity contribution in [2.45, 2.75) is 82.9 Å². The first-order valence-corrected chi connectivity index (χ1v) is 12.7. The van der Waals surface area contributed by atoms with Gasteiger partial charge in [0.1, 0.15) is 6.10 Å². The van der Waals surface area contributed by atoms with Crippen molar-refractivity contribution >= 4 is 5.97 Å². The van der Waals surface area contributed by atoms with E-state index in [1.54, 1.807) is 0 Å². The molecule has 2 spiro atoms. The van der Waals surface area contributed by atoms with Crippen molar-refractivity contribution in [3.05, 3.63) is 0 Å². The minimum Gasteiger partial charge on any atom is -0.462 e. The highest BCUT2D eigenvalue weighted by atomic mass is 16.7. The van der Waals surface area contributed by atoms with Gasteiger partial charge in [-0.05, 0) is 62.2 Å². The zero-order valence-corrected chi connectivity index (χ0v) is 18.9. The molecule has 0 unspecified atom stereocenters. The van der Waals surface area contributed by atoms with E-state index in [9.17, 15) is 4.79 Å². The number of esters is 1. The van der Waals surface area contributed by atoms with Crippen molar-refractivity contribution in [1.29, 1.82) is 0 Å². The van der Waals surface area contributed by atoms with Crippen molar-refractivity contribution in [3.8, 4) is 0 Å². The number of hydrogen-bond acceptors (Lipinski definition) is 6. The molecule has 0 aromatic carbocycles. The molecule has 4 saturated carbocycles. The largest absolute Gasteiger partial charge is 0.462 e. The lowest BCUT2D eigenvalue weighted by molar-refractivity contribution is -0.238. The second kappa shape index (κ2) is 6.25. The van der Waals surface area contributed by atoms with Crippen molar-refractivity contribution in [3.63, 3.8) is 0 Å². The third-order valence-electron chi connectivity index (χ3n) is 11.1. The smallest absolute Gasteiger partial charge is 0.313 e. The molecule has 4 aliphatic carbocycles. The Balaban J connectivity index is 1.23. The Kier molecular flexibility index (Phi) is 3.98. The number of ether oxygens (including phenoxy) is 5. The summed E-state index contributed by atoms with van der Waals surface area (Å²) in [4.78, 5) is 13.6. The molecule has 3 aliphatic heterocycles. The van der Waals surface area contributed by atoms with Crippen molar-refractivity contribution in [2.24, 2.45) is 40.4 Å². The molecule has 7 rings (SSSR count). The number of fused-ring (bicyclic) bond motifs is 6. The molecule has 0 N–H and O–H groups in total. The van der Waals surface area contributed by atoms with Gasteiger partial charge in [-0.15, -0.1) is 0 Å². The SMILES string of the molecule is CC1([C@@H]2CC[C@@H]3[C@@H]4CC[C@@H]5CC6(CC[C@]5(C)[C@H]4[C@H]4C[C@]32C(=O)O4)OCCO6)OCCO1. The molecule has 0 radical (unpaired) electrons. The van der Waals surface area contributed by atoms with E-state index in [1.807, 2.05) is 0 Å². The topological polar surface area (TPSA) is 63.2 Å². The van der Waals surface area contributed by atoms with Gasteiger partial charge in [0.25, 0.3) is 0 Å². The molecule has 8 atom stereocenters. The number of hydrogen-bond donors (Lipinski definition) is 0. The van der Waals surface area contributed by atoms with Crippen LogP contribution in [0, 0.1) is 40.4 Å². The Morgan fingerprint density at radius 2 is 1.58 bits per heavy atom. The molecule has 31 heavy (non-hydrogen) atoms. The second-order valence-corrected chi connectivity index (χ2v) is 11.9. The number of carbonyl (C=O) groups is 1. The highest BCUT2D eigenvalue weighted by Crippen LogP contribution is 2.72. The molecule has 172 valence electrons. The minimum atomic E-state index is -0.634. The summed E-state index contributed by atoms with van der Waals surface area (Å²) in [5.41, 5.74) is -0.199. The zero-order valence-electron chi connectivity index (χ0n) is 18.9. The molecule has 7 aliphatic rings. The lowest BCUT2D eigenvalue weighted by atomic mass is 9.44. The average molecular weight is 433 g/mol. The predicted octanol–water partition coefficient (Wildman–Crippen LogP) is 3.67. The highest BCUT2D eigenvalue weighted by Gasteiger charge is 2.75. The van der Waals surface area contributed by atoms with Crippen molar-refractivity contribution in [1.82, 2.24) is 0 Å². The van der Waals surface area contributed by atoms with Crippen molar-refractivity contribution < 1.29 is 28.5 Å². The van der Waals surface area contributed by atoms with Gasteiger partial charge in [0.15, 0.2) is 11.6 Å². The van der Waals surface area contributed by atoms with Crippen LogP contribution in [-0.2, 0) is 28.5 Å². The zero-order chi connectivity index (χ0) is 21.1. The van der Waals surface area contributed by atoms with Crippen LogP contribution in [0.2, 0.25) is 0 Å². The summed E-state index contributed by atoms with van der Waals surface area (Å²) in [6, 6.07) is 0. The van der Waals surface area contributed by atoms with Crippen LogP contribution in [0.3, 0.4) is 0 Å². The minimum absolute atomic E-state index is 0.0478. The van der Waals surface area contributed by atoms with E-state index >= 15 is 0 Å². The quantitative estimate of drug-likeness (QED) is 0.589. The monoisotopic (exact) mass is 432 g/mol. The summed E-state index contributed by atoms with van der Waals surface area (Å²) in [6.07, 6.45) is 8.54. The molecule has 2 bridgehead atoms. The fourth-order valence-electron chi connectivity index (χ4n) is 9.89. The average Bonchev–Trinajstić information content (AvgIpc) is 3.51. The summed E-state index contributed by atoms with van der Waals surface area (Å²) in [6.45, 7) is 7.27. The lowest BCUT2D eigenvalue weighted by Crippen LogP contribution is -2.60. The third-order valence-corrected chi connectivity index (χ3v) is 11.1. The van der Waals surface area contributed by atoms with Crippen LogP contribution >= 0.6 is 0 Å². The Labute approximate surface area is 184 Å². The van der Waals surface area contributed by atoms with E-state index in [0.29, 0.717) is 36.9 Å². The van der Waals surface area contributed by atoms with Crippen LogP contribution in [0.4, 0.5) is 0 Å². The van der Waals surface area contributed by atoms with Crippen LogP contribution in [0.15, 0.2) is 0 Å². The number of carbonyl (C=O) groups excluding carboxylic acids is 1. The third kappa shape index (κ3) is 2.36. The molecular formula is C25H36O6. The second-order valence-electron chi connectivity index (χ2n) is 11.9. The summed E-state index contributed by atoms with van der Waals surface area (Å²) >= 11 is 0. The van der Waals surface area contributed by atoms with Gasteiger partial charge < -0.3 is 23.7 Å². The summed E-state index contributed by atoms with van der Waals surface area (Å²) in [5.74, 6) is 1.22. The fourth-order valence-corrected chi connectivity index (χ4v) is 9.89. The van der Waals surface area contributed by atoms with Gasteiger partial charge >= 0.3 is 5.97 Å². The molecule has 0 aromatic rings. The van der Waals surface area contributed by atoms with E-state index in [1.165, 1.54) is 12.8 Å². The van der Waals surface area contributed by atoms with E-state index in [-0.39, 0.29) is 29.2 Å². The fraction of sp³-hybridized carbons (Fsp3) is 0.960. The van der Waals surface area contributed by atoms with Gasteiger partial charge in [0.2, 0.25) is 0 Å². The molecule has 6 nitrogen and oxygen atoms in total. The maximum atomic E-state index is 13.6. The lowest BCUT2D eigenvalue weighted by Gasteiger charge is -2.61. The standard InChI is InChI=1S/C25H36O6/c1-22-7-8-24(29-11-12-30-24)13-15(22)3-4-16-17-5-6-19(23(2)27-9-10-28-23)25(17)14-18(20(16)22)31-21(25)26/h15-20H,3-14H2,1-2H3/t15-,16+,17-,18-,19+,20-,22+,25+/m1/s1. The van der Waals surface area contributed by atoms with Gasteiger partial charge in [0.05, 0.1) is 31.8 Å². The Morgan fingerprint density at radius 3 is 2.35 bits per heavy atom. The van der Waals surface area contributed by atoms with Crippen LogP contribution in [0.1, 0.15) is 65.2 Å². The Bertz CT molecular complexity index is 785. The Morgan fingerprint density at radius 1 is 0.839 bits per heavy atom.